The number of hydrogen-bond acceptors (Lipinski definition) is 2. The van der Waals surface area contributed by atoms with E-state index in [1.165, 1.54) is 12.8 Å². The average Bonchev–Trinajstić information content (AvgIpc) is 2.71. The van der Waals surface area contributed by atoms with E-state index < -0.39 is 0 Å². The first-order valence-electron chi connectivity index (χ1n) is 3.88. The van der Waals surface area contributed by atoms with Crippen LogP contribution in [0.4, 0.5) is 0 Å². The lowest BCUT2D eigenvalue weighted by atomic mass is 10.1. The van der Waals surface area contributed by atoms with Gasteiger partial charge < -0.3 is 0 Å². The zero-order valence-corrected chi connectivity index (χ0v) is 6.21. The summed E-state index contributed by atoms with van der Waals surface area (Å²) in [4.78, 5) is 10.8. The van der Waals surface area contributed by atoms with E-state index in [0.717, 1.165) is 17.9 Å². The molecule has 0 bridgehead atoms. The second-order valence-corrected chi connectivity index (χ2v) is 3.10. The van der Waals surface area contributed by atoms with Gasteiger partial charge in [0.2, 0.25) is 0 Å². The molecule has 1 aliphatic rings. The zero-order chi connectivity index (χ0) is 7.68. The average molecular weight is 150 g/mol. The first-order chi connectivity index (χ1) is 5.34. The van der Waals surface area contributed by atoms with Gasteiger partial charge in [-0.2, -0.15) is 5.10 Å². The van der Waals surface area contributed by atoms with E-state index in [4.69, 9.17) is 0 Å². The lowest BCUT2D eigenvalue weighted by Gasteiger charge is -1.94. The molecule has 1 heterocycles. The van der Waals surface area contributed by atoms with Gasteiger partial charge in [0.25, 0.3) is 5.56 Å². The van der Waals surface area contributed by atoms with Gasteiger partial charge in [-0.1, -0.05) is 0 Å². The number of rotatable bonds is 2. The molecular formula is C8H10N2O. The molecule has 1 N–H and O–H groups in total. The van der Waals surface area contributed by atoms with Crippen LogP contribution in [0.15, 0.2) is 17.1 Å². The Morgan fingerprint density at radius 2 is 2.45 bits per heavy atom. The summed E-state index contributed by atoms with van der Waals surface area (Å²) in [5.41, 5.74) is 0.972. The molecule has 0 radical (unpaired) electrons. The van der Waals surface area contributed by atoms with E-state index in [9.17, 15) is 4.79 Å². The van der Waals surface area contributed by atoms with Crippen molar-refractivity contribution in [2.45, 2.75) is 19.3 Å². The Morgan fingerprint density at radius 3 is 3.09 bits per heavy atom. The van der Waals surface area contributed by atoms with Gasteiger partial charge in [0, 0.05) is 6.07 Å². The summed E-state index contributed by atoms with van der Waals surface area (Å²) in [6.07, 6.45) is 5.39. The summed E-state index contributed by atoms with van der Waals surface area (Å²) in [7, 11) is 0. The van der Waals surface area contributed by atoms with Crippen molar-refractivity contribution in [2.75, 3.05) is 0 Å². The van der Waals surface area contributed by atoms with Crippen LogP contribution in [0.25, 0.3) is 0 Å². The fourth-order valence-electron chi connectivity index (χ4n) is 1.18. The summed E-state index contributed by atoms with van der Waals surface area (Å²) >= 11 is 0. The molecule has 2 rings (SSSR count). The maximum absolute atomic E-state index is 10.8. The summed E-state index contributed by atoms with van der Waals surface area (Å²) < 4.78 is 0. The number of hydrogen-bond donors (Lipinski definition) is 1. The number of nitrogens with one attached hydrogen (secondary N) is 1. The highest BCUT2D eigenvalue weighted by atomic mass is 16.1. The first kappa shape index (κ1) is 6.58. The van der Waals surface area contributed by atoms with Crippen molar-refractivity contribution in [1.29, 1.82) is 0 Å². The second kappa shape index (κ2) is 2.49. The van der Waals surface area contributed by atoms with Crippen molar-refractivity contribution < 1.29 is 0 Å². The lowest BCUT2D eigenvalue weighted by molar-refractivity contribution is 0.813. The van der Waals surface area contributed by atoms with Crippen molar-refractivity contribution in [3.8, 4) is 0 Å². The fourth-order valence-corrected chi connectivity index (χ4v) is 1.18. The summed E-state index contributed by atoms with van der Waals surface area (Å²) in [6.45, 7) is 0. The van der Waals surface area contributed by atoms with Crippen LogP contribution in [0, 0.1) is 5.92 Å². The van der Waals surface area contributed by atoms with Gasteiger partial charge in [0.15, 0.2) is 0 Å². The van der Waals surface area contributed by atoms with E-state index in [-0.39, 0.29) is 5.56 Å². The van der Waals surface area contributed by atoms with Gasteiger partial charge in [0.1, 0.15) is 0 Å². The van der Waals surface area contributed by atoms with Crippen molar-refractivity contribution in [2.24, 2.45) is 5.92 Å². The van der Waals surface area contributed by atoms with E-state index in [1.54, 1.807) is 12.3 Å². The Balaban J connectivity index is 2.16. The van der Waals surface area contributed by atoms with Gasteiger partial charge >= 0.3 is 0 Å². The molecule has 0 aromatic carbocycles. The standard InChI is InChI=1S/C8H10N2O/c11-8-4-7(5-9-10-8)3-6-1-2-6/h4-6H,1-3H2,(H,10,11). The van der Waals surface area contributed by atoms with E-state index >= 15 is 0 Å². The molecule has 1 aromatic rings. The third kappa shape index (κ3) is 1.67. The SMILES string of the molecule is O=c1cc(CC2CC2)cn[nH]1. The van der Waals surface area contributed by atoms with Crippen molar-refractivity contribution in [3.63, 3.8) is 0 Å². The minimum absolute atomic E-state index is 0.0943. The second-order valence-electron chi connectivity index (χ2n) is 3.10. The predicted octanol–water partition coefficient (Wildman–Crippen LogP) is 0.722. The van der Waals surface area contributed by atoms with Crippen LogP contribution in [-0.4, -0.2) is 10.2 Å². The molecule has 58 valence electrons. The Bertz CT molecular complexity index is 301. The summed E-state index contributed by atoms with van der Waals surface area (Å²) in [5, 5.41) is 6.09. The van der Waals surface area contributed by atoms with Crippen molar-refractivity contribution >= 4 is 0 Å². The number of aromatic amines is 1. The van der Waals surface area contributed by atoms with Crippen LogP contribution in [-0.2, 0) is 6.42 Å². The lowest BCUT2D eigenvalue weighted by Crippen LogP contribution is -2.07. The maximum Gasteiger partial charge on any atom is 0.264 e. The van der Waals surface area contributed by atoms with Crippen LogP contribution in [0.5, 0.6) is 0 Å². The highest BCUT2D eigenvalue weighted by molar-refractivity contribution is 5.07. The Labute approximate surface area is 64.5 Å². The van der Waals surface area contributed by atoms with E-state index in [1.807, 2.05) is 0 Å². The van der Waals surface area contributed by atoms with E-state index in [0.29, 0.717) is 0 Å². The van der Waals surface area contributed by atoms with E-state index in [2.05, 4.69) is 10.2 Å². The number of H-pyrrole nitrogens is 1. The van der Waals surface area contributed by atoms with Crippen LogP contribution in [0.3, 0.4) is 0 Å². The highest BCUT2D eigenvalue weighted by Crippen LogP contribution is 2.31. The maximum atomic E-state index is 10.8. The molecule has 3 heteroatoms. The molecule has 3 nitrogen and oxygen atoms in total. The Kier molecular flexibility index (Phi) is 1.49. The summed E-state index contributed by atoms with van der Waals surface area (Å²) in [6, 6.07) is 1.63. The Hall–Kier alpha value is -1.12. The van der Waals surface area contributed by atoms with Crippen LogP contribution < -0.4 is 5.56 Å². The van der Waals surface area contributed by atoms with Crippen molar-refractivity contribution in [3.05, 3.63) is 28.2 Å². The van der Waals surface area contributed by atoms with Crippen LogP contribution in [0.1, 0.15) is 18.4 Å². The number of nitrogens with zero attached hydrogens (tertiary/aromatic N) is 1. The molecule has 1 fully saturated rings. The van der Waals surface area contributed by atoms with Crippen LogP contribution >= 0.6 is 0 Å². The third-order valence-electron chi connectivity index (χ3n) is 1.94. The van der Waals surface area contributed by atoms with Crippen LogP contribution in [0.2, 0.25) is 0 Å². The topological polar surface area (TPSA) is 45.8 Å². The predicted molar refractivity (Wildman–Crippen MR) is 41.3 cm³/mol. The monoisotopic (exact) mass is 150 g/mol. The molecule has 0 amide bonds. The minimum Gasteiger partial charge on any atom is -0.268 e. The molecule has 0 saturated heterocycles. The zero-order valence-electron chi connectivity index (χ0n) is 6.21. The molecule has 0 spiro atoms. The normalized spacial score (nSPS) is 16.7. The first-order valence-corrected chi connectivity index (χ1v) is 3.88. The van der Waals surface area contributed by atoms with Gasteiger partial charge in [0.05, 0.1) is 6.20 Å². The number of aromatic nitrogens is 2. The highest BCUT2D eigenvalue weighted by Gasteiger charge is 2.21. The molecule has 0 unspecified atom stereocenters. The van der Waals surface area contributed by atoms with Gasteiger partial charge in [-0.3, -0.25) is 4.79 Å². The molecule has 1 aromatic heterocycles. The molecule has 11 heavy (non-hydrogen) atoms. The smallest absolute Gasteiger partial charge is 0.264 e. The third-order valence-corrected chi connectivity index (χ3v) is 1.94. The quantitative estimate of drug-likeness (QED) is 0.675. The fraction of sp³-hybridized carbons (Fsp3) is 0.500. The van der Waals surface area contributed by atoms with Crippen molar-refractivity contribution in [1.82, 2.24) is 10.2 Å². The molecule has 1 saturated carbocycles. The largest absolute Gasteiger partial charge is 0.268 e. The molecule has 1 aliphatic carbocycles. The molecular weight excluding hydrogens is 140 g/mol. The Morgan fingerprint density at radius 1 is 1.64 bits per heavy atom. The van der Waals surface area contributed by atoms with Gasteiger partial charge in [-0.05, 0) is 30.7 Å². The van der Waals surface area contributed by atoms with Gasteiger partial charge in [-0.25, -0.2) is 5.10 Å². The molecule has 0 aliphatic heterocycles. The van der Waals surface area contributed by atoms with Gasteiger partial charge in [-0.15, -0.1) is 0 Å². The summed E-state index contributed by atoms with van der Waals surface area (Å²) in [5.74, 6) is 0.818. The molecule has 0 atom stereocenters. The minimum atomic E-state index is -0.0943.